The molecule has 0 spiro atoms. The zero-order valence-corrected chi connectivity index (χ0v) is 22.6. The Balaban J connectivity index is 2.43. The molecule has 0 aliphatic heterocycles. The molecule has 0 aromatic heterocycles. The van der Waals surface area contributed by atoms with Crippen LogP contribution < -0.4 is 14.4 Å². The van der Waals surface area contributed by atoms with Crippen molar-refractivity contribution in [3.8, 4) is 5.75 Å². The summed E-state index contributed by atoms with van der Waals surface area (Å²) in [5.41, 5.74) is 0.746. The maximum absolute atomic E-state index is 13.6. The fourth-order valence-corrected chi connectivity index (χ4v) is 4.59. The molecule has 1 atom stereocenters. The molecule has 192 valence electrons. The molecule has 2 aromatic carbocycles. The van der Waals surface area contributed by atoms with Crippen LogP contribution in [0.2, 0.25) is 10.0 Å². The van der Waals surface area contributed by atoms with Crippen LogP contribution in [-0.4, -0.2) is 57.6 Å². The van der Waals surface area contributed by atoms with Gasteiger partial charge in [-0.15, -0.1) is 0 Å². The Morgan fingerprint density at radius 2 is 1.83 bits per heavy atom. The highest BCUT2D eigenvalue weighted by molar-refractivity contribution is 7.92. The van der Waals surface area contributed by atoms with Crippen LogP contribution in [0.5, 0.6) is 5.75 Å². The average Bonchev–Trinajstić information content (AvgIpc) is 2.80. The zero-order chi connectivity index (χ0) is 26.2. The Morgan fingerprint density at radius 3 is 2.43 bits per heavy atom. The number of nitrogens with zero attached hydrogens (tertiary/aromatic N) is 2. The summed E-state index contributed by atoms with van der Waals surface area (Å²) >= 11 is 12.4. The first kappa shape index (κ1) is 28.7. The summed E-state index contributed by atoms with van der Waals surface area (Å²) in [6, 6.07) is 10.6. The van der Waals surface area contributed by atoms with Gasteiger partial charge in [0.1, 0.15) is 18.3 Å². The van der Waals surface area contributed by atoms with Crippen molar-refractivity contribution in [3.05, 3.63) is 58.1 Å². The van der Waals surface area contributed by atoms with E-state index < -0.39 is 28.5 Å². The van der Waals surface area contributed by atoms with Crippen molar-refractivity contribution in [2.24, 2.45) is 0 Å². The maximum atomic E-state index is 13.6. The Labute approximate surface area is 217 Å². The molecule has 35 heavy (non-hydrogen) atoms. The van der Waals surface area contributed by atoms with E-state index in [9.17, 15) is 18.0 Å². The number of carbonyl (C=O) groups excluding carboxylic acids is 2. The second-order valence-electron chi connectivity index (χ2n) is 8.02. The van der Waals surface area contributed by atoms with E-state index in [4.69, 9.17) is 27.9 Å². The van der Waals surface area contributed by atoms with Crippen molar-refractivity contribution >= 4 is 50.7 Å². The predicted molar refractivity (Wildman–Crippen MR) is 140 cm³/mol. The van der Waals surface area contributed by atoms with Gasteiger partial charge < -0.3 is 15.0 Å². The summed E-state index contributed by atoms with van der Waals surface area (Å²) in [5.74, 6) is -0.698. The summed E-state index contributed by atoms with van der Waals surface area (Å²) in [7, 11) is -2.53. The van der Waals surface area contributed by atoms with Crippen molar-refractivity contribution in [1.82, 2.24) is 10.2 Å². The van der Waals surface area contributed by atoms with Crippen LogP contribution in [0, 0.1) is 0 Å². The lowest BCUT2D eigenvalue weighted by Crippen LogP contribution is -2.51. The number of anilines is 1. The molecule has 0 saturated carbocycles. The minimum atomic E-state index is -3.92. The molecule has 0 bridgehead atoms. The molecule has 0 heterocycles. The number of benzene rings is 2. The topological polar surface area (TPSA) is 96.0 Å². The summed E-state index contributed by atoms with van der Waals surface area (Å²) in [5, 5.41) is 3.53. The van der Waals surface area contributed by atoms with Gasteiger partial charge in [-0.05, 0) is 43.2 Å². The van der Waals surface area contributed by atoms with Gasteiger partial charge in [-0.2, -0.15) is 0 Å². The molecule has 1 N–H and O–H groups in total. The molecule has 2 rings (SSSR count). The Bertz CT molecular complexity index is 1140. The number of ether oxygens (including phenoxy) is 1. The van der Waals surface area contributed by atoms with E-state index >= 15 is 0 Å². The Morgan fingerprint density at radius 1 is 1.14 bits per heavy atom. The first-order valence-electron chi connectivity index (χ1n) is 11.1. The number of rotatable bonds is 12. The summed E-state index contributed by atoms with van der Waals surface area (Å²) in [6.45, 7) is 3.54. The summed E-state index contributed by atoms with van der Waals surface area (Å²) in [4.78, 5) is 27.7. The van der Waals surface area contributed by atoms with Gasteiger partial charge in [-0.1, -0.05) is 54.7 Å². The normalized spacial score (nSPS) is 12.1. The largest absolute Gasteiger partial charge is 0.495 e. The first-order chi connectivity index (χ1) is 16.5. The van der Waals surface area contributed by atoms with E-state index in [1.165, 1.54) is 24.1 Å². The number of halogens is 2. The number of amides is 2. The van der Waals surface area contributed by atoms with Gasteiger partial charge in [-0.3, -0.25) is 13.9 Å². The van der Waals surface area contributed by atoms with Gasteiger partial charge in [0.15, 0.2) is 0 Å². The molecule has 0 aliphatic rings. The second kappa shape index (κ2) is 13.0. The van der Waals surface area contributed by atoms with E-state index in [1.807, 2.05) is 6.92 Å². The van der Waals surface area contributed by atoms with Crippen molar-refractivity contribution < 1.29 is 22.7 Å². The average molecular weight is 545 g/mol. The van der Waals surface area contributed by atoms with Gasteiger partial charge in [-0.25, -0.2) is 8.42 Å². The number of carbonyl (C=O) groups is 2. The fourth-order valence-electron chi connectivity index (χ4n) is 3.38. The predicted octanol–water partition coefficient (Wildman–Crippen LogP) is 4.10. The van der Waals surface area contributed by atoms with E-state index in [0.29, 0.717) is 17.1 Å². The lowest BCUT2D eigenvalue weighted by molar-refractivity contribution is -0.139. The highest BCUT2D eigenvalue weighted by Gasteiger charge is 2.31. The smallest absolute Gasteiger partial charge is 0.244 e. The molecule has 11 heteroatoms. The van der Waals surface area contributed by atoms with Crippen LogP contribution in [0.25, 0.3) is 0 Å². The number of hydrogen-bond acceptors (Lipinski definition) is 5. The third-order valence-corrected chi connectivity index (χ3v) is 7.11. The van der Waals surface area contributed by atoms with Crippen LogP contribution >= 0.6 is 23.2 Å². The van der Waals surface area contributed by atoms with E-state index in [-0.39, 0.29) is 28.9 Å². The number of nitrogens with one attached hydrogen (secondary N) is 1. The van der Waals surface area contributed by atoms with Crippen LogP contribution in [-0.2, 0) is 26.2 Å². The minimum absolute atomic E-state index is 0.0190. The standard InChI is InChI=1S/C24H31Cl2N3O5S/c1-5-6-13-27-24(31)17(2)28(15-18-9-7-8-10-20(18)26)23(30)16-29(35(4,32)33)21-14-19(25)11-12-22(21)34-3/h7-12,14,17H,5-6,13,15-16H2,1-4H3,(H,27,31). The molecule has 0 saturated heterocycles. The number of methoxy groups -OCH3 is 1. The summed E-state index contributed by atoms with van der Waals surface area (Å²) in [6.07, 6.45) is 2.69. The first-order valence-corrected chi connectivity index (χ1v) is 13.7. The second-order valence-corrected chi connectivity index (χ2v) is 10.8. The molecular weight excluding hydrogens is 513 g/mol. The minimum Gasteiger partial charge on any atom is -0.495 e. The molecule has 2 amide bonds. The molecule has 0 radical (unpaired) electrons. The van der Waals surface area contributed by atoms with Gasteiger partial charge in [0.05, 0.1) is 19.1 Å². The van der Waals surface area contributed by atoms with Gasteiger partial charge in [0.25, 0.3) is 0 Å². The monoisotopic (exact) mass is 543 g/mol. The fraction of sp³-hybridized carbons (Fsp3) is 0.417. The molecule has 8 nitrogen and oxygen atoms in total. The number of sulfonamides is 1. The van der Waals surface area contributed by atoms with E-state index in [2.05, 4.69) is 5.32 Å². The summed E-state index contributed by atoms with van der Waals surface area (Å²) < 4.78 is 31.6. The lowest BCUT2D eigenvalue weighted by atomic mass is 10.1. The quantitative estimate of drug-likeness (QED) is 0.406. The maximum Gasteiger partial charge on any atom is 0.244 e. The zero-order valence-electron chi connectivity index (χ0n) is 20.3. The highest BCUT2D eigenvalue weighted by atomic mass is 35.5. The van der Waals surface area contributed by atoms with Crippen molar-refractivity contribution in [2.75, 3.05) is 30.8 Å². The van der Waals surface area contributed by atoms with Crippen molar-refractivity contribution in [3.63, 3.8) is 0 Å². The Hall–Kier alpha value is -2.49. The third kappa shape index (κ3) is 8.02. The molecule has 1 unspecified atom stereocenters. The molecule has 0 aliphatic carbocycles. The Kier molecular flexibility index (Phi) is 10.7. The highest BCUT2D eigenvalue weighted by Crippen LogP contribution is 2.33. The third-order valence-electron chi connectivity index (χ3n) is 5.38. The van der Waals surface area contributed by atoms with Gasteiger partial charge >= 0.3 is 0 Å². The number of hydrogen-bond donors (Lipinski definition) is 1. The van der Waals surface area contributed by atoms with Crippen LogP contribution in [0.3, 0.4) is 0 Å². The van der Waals surface area contributed by atoms with Crippen LogP contribution in [0.15, 0.2) is 42.5 Å². The van der Waals surface area contributed by atoms with Crippen molar-refractivity contribution in [1.29, 1.82) is 0 Å². The van der Waals surface area contributed by atoms with E-state index in [1.54, 1.807) is 37.3 Å². The van der Waals surface area contributed by atoms with Gasteiger partial charge in [0, 0.05) is 23.1 Å². The van der Waals surface area contributed by atoms with Crippen LogP contribution in [0.4, 0.5) is 5.69 Å². The SMILES string of the molecule is CCCCNC(=O)C(C)N(Cc1ccccc1Cl)C(=O)CN(c1cc(Cl)ccc1OC)S(C)(=O)=O. The number of unbranched alkanes of at least 4 members (excludes halogenated alkanes) is 1. The van der Waals surface area contributed by atoms with Crippen LogP contribution in [0.1, 0.15) is 32.3 Å². The molecule has 2 aromatic rings. The van der Waals surface area contributed by atoms with Gasteiger partial charge in [0.2, 0.25) is 21.8 Å². The van der Waals surface area contributed by atoms with Crippen molar-refractivity contribution in [2.45, 2.75) is 39.3 Å². The molecular formula is C24H31Cl2N3O5S. The van der Waals surface area contributed by atoms with E-state index in [0.717, 1.165) is 23.4 Å². The molecule has 0 fully saturated rings. The lowest BCUT2D eigenvalue weighted by Gasteiger charge is -2.32.